The van der Waals surface area contributed by atoms with Crippen LogP contribution < -0.4 is 11.5 Å². The van der Waals surface area contributed by atoms with Crippen LogP contribution in [0.1, 0.15) is 155 Å². The van der Waals surface area contributed by atoms with Crippen LogP contribution in [0.5, 0.6) is 0 Å². The number of thioether (sulfide) groups is 1. The first-order chi connectivity index (χ1) is 28.4. The molecule has 0 radical (unpaired) electrons. The van der Waals surface area contributed by atoms with E-state index in [0.29, 0.717) is 6.42 Å². The van der Waals surface area contributed by atoms with Gasteiger partial charge in [-0.15, -0.1) is 11.8 Å². The standard InChI is InChI=1S/C44H79N2O11PS/c1-3-5-7-9-11-13-15-17-19-21-23-25-27-32-43(50)57-38(36-56-58(52,53)55-34-33-45)35-54-44(51)39(46)37-59-41(40(47)29-28-31-42(48)49)30-26-24-22-20-18-16-14-12-10-8-6-4-2/h12,14,18,20,22,24,26,30,38-41,47H,3-11,13,15-17,19,21,23,25,27-29,31-37,45-46H2,1-2H3,(H,48,49)(H,52,53)/b14-12-,20-18-,24-22+,30-26+/t38-,39+,40+,41-/m1/s1. The van der Waals surface area contributed by atoms with Crippen LogP contribution in [0.3, 0.4) is 0 Å². The molecule has 0 aromatic rings. The topological polar surface area (TPSA) is 218 Å². The van der Waals surface area contributed by atoms with Crippen molar-refractivity contribution in [1.82, 2.24) is 0 Å². The average molecular weight is 875 g/mol. The van der Waals surface area contributed by atoms with Crippen molar-refractivity contribution in [3.63, 3.8) is 0 Å². The molecule has 0 spiro atoms. The number of carbonyl (C=O) groups excluding carboxylic acids is 2. The number of esters is 2. The molecule has 0 amide bonds. The molecule has 59 heavy (non-hydrogen) atoms. The molecule has 0 aromatic heterocycles. The van der Waals surface area contributed by atoms with Crippen molar-refractivity contribution in [2.24, 2.45) is 11.5 Å². The average Bonchev–Trinajstić information content (AvgIpc) is 3.20. The summed E-state index contributed by atoms with van der Waals surface area (Å²) in [6.45, 7) is 3.11. The fraction of sp³-hybridized carbons (Fsp3) is 0.750. The van der Waals surface area contributed by atoms with Gasteiger partial charge in [-0.3, -0.25) is 23.4 Å². The summed E-state index contributed by atoms with van der Waals surface area (Å²) in [4.78, 5) is 46.6. The minimum Gasteiger partial charge on any atom is -0.481 e. The van der Waals surface area contributed by atoms with Gasteiger partial charge >= 0.3 is 25.7 Å². The van der Waals surface area contributed by atoms with Crippen molar-refractivity contribution in [3.8, 4) is 0 Å². The third-order valence-corrected chi connectivity index (χ3v) is 11.6. The molecule has 5 atom stereocenters. The van der Waals surface area contributed by atoms with Gasteiger partial charge in [0.15, 0.2) is 6.10 Å². The predicted octanol–water partition coefficient (Wildman–Crippen LogP) is 9.26. The number of carboxylic acid groups (broad SMARTS) is 1. The third-order valence-electron chi connectivity index (χ3n) is 9.21. The van der Waals surface area contributed by atoms with E-state index in [9.17, 15) is 28.9 Å². The Morgan fingerprint density at radius 3 is 1.98 bits per heavy atom. The number of hydrogen-bond acceptors (Lipinski definition) is 12. The van der Waals surface area contributed by atoms with Gasteiger partial charge in [0.25, 0.3) is 0 Å². The Kier molecular flexibility index (Phi) is 38.3. The zero-order chi connectivity index (χ0) is 43.8. The Morgan fingerprint density at radius 2 is 1.36 bits per heavy atom. The van der Waals surface area contributed by atoms with Gasteiger partial charge in [-0.25, -0.2) is 4.57 Å². The second kappa shape index (κ2) is 39.8. The molecule has 7 N–H and O–H groups in total. The highest BCUT2D eigenvalue weighted by molar-refractivity contribution is 8.00. The summed E-state index contributed by atoms with van der Waals surface area (Å²) in [6, 6.07) is -1.13. The van der Waals surface area contributed by atoms with E-state index in [4.69, 9.17) is 35.1 Å². The van der Waals surface area contributed by atoms with Gasteiger partial charge < -0.3 is 36.0 Å². The highest BCUT2D eigenvalue weighted by Crippen LogP contribution is 2.43. The molecule has 0 rings (SSSR count). The lowest BCUT2D eigenvalue weighted by molar-refractivity contribution is -0.161. The van der Waals surface area contributed by atoms with Gasteiger partial charge in [0.05, 0.1) is 19.3 Å². The Balaban J connectivity index is 5.10. The normalized spacial score (nSPS) is 15.2. The minimum atomic E-state index is -4.51. The van der Waals surface area contributed by atoms with E-state index >= 15 is 0 Å². The summed E-state index contributed by atoms with van der Waals surface area (Å²) in [5.74, 6) is -2.27. The molecule has 1 unspecified atom stereocenters. The monoisotopic (exact) mass is 875 g/mol. The number of allylic oxidation sites excluding steroid dienone is 7. The highest BCUT2D eigenvalue weighted by atomic mass is 32.2. The van der Waals surface area contributed by atoms with E-state index in [1.165, 1.54) is 88.8 Å². The van der Waals surface area contributed by atoms with E-state index < -0.39 is 62.4 Å². The first-order valence-corrected chi connectivity index (χ1v) is 24.6. The van der Waals surface area contributed by atoms with Gasteiger partial charge in [-0.2, -0.15) is 0 Å². The predicted molar refractivity (Wildman–Crippen MR) is 239 cm³/mol. The number of carbonyl (C=O) groups is 3. The lowest BCUT2D eigenvalue weighted by Gasteiger charge is -2.22. The van der Waals surface area contributed by atoms with Crippen molar-refractivity contribution >= 4 is 37.5 Å². The summed E-state index contributed by atoms with van der Waals surface area (Å²) >= 11 is 1.22. The van der Waals surface area contributed by atoms with Gasteiger partial charge in [-0.1, -0.05) is 152 Å². The van der Waals surface area contributed by atoms with Gasteiger partial charge in [0.2, 0.25) is 0 Å². The van der Waals surface area contributed by atoms with E-state index in [2.05, 4.69) is 26.0 Å². The number of nitrogens with two attached hydrogens (primary N) is 2. The Bertz CT molecular complexity index is 1230. The van der Waals surface area contributed by atoms with Gasteiger partial charge in [0, 0.05) is 30.4 Å². The number of aliphatic carboxylic acids is 1. The molecular weight excluding hydrogens is 796 g/mol. The number of rotatable bonds is 41. The zero-order valence-corrected chi connectivity index (χ0v) is 37.8. The molecule has 0 saturated heterocycles. The summed E-state index contributed by atoms with van der Waals surface area (Å²) in [7, 11) is -4.51. The van der Waals surface area contributed by atoms with Crippen LogP contribution in [-0.2, 0) is 37.5 Å². The van der Waals surface area contributed by atoms with E-state index in [1.54, 1.807) is 12.2 Å². The van der Waals surface area contributed by atoms with Crippen molar-refractivity contribution in [2.75, 3.05) is 32.1 Å². The molecule has 0 saturated carbocycles. The second-order valence-electron chi connectivity index (χ2n) is 14.8. The summed E-state index contributed by atoms with van der Waals surface area (Å²) in [5, 5.41) is 19.4. The van der Waals surface area contributed by atoms with Crippen LogP contribution in [0.15, 0.2) is 48.6 Å². The molecule has 342 valence electrons. The smallest absolute Gasteiger partial charge is 0.472 e. The minimum absolute atomic E-state index is 0.0135. The van der Waals surface area contributed by atoms with Crippen LogP contribution in [-0.4, -0.2) is 88.6 Å². The maximum atomic E-state index is 12.9. The number of phosphoric ester groups is 1. The quantitative estimate of drug-likeness (QED) is 0.0127. The summed E-state index contributed by atoms with van der Waals surface area (Å²) < 4.78 is 32.9. The van der Waals surface area contributed by atoms with Crippen molar-refractivity contribution in [2.45, 2.75) is 179 Å². The molecular formula is C44H79N2O11PS. The van der Waals surface area contributed by atoms with Crippen molar-refractivity contribution < 1.29 is 52.6 Å². The molecule has 0 bridgehead atoms. The molecule has 0 aliphatic carbocycles. The fourth-order valence-corrected chi connectivity index (χ4v) is 7.67. The third kappa shape index (κ3) is 37.2. The lowest BCUT2D eigenvalue weighted by atomic mass is 10.0. The molecule has 0 fully saturated rings. The number of ether oxygens (including phenoxy) is 2. The van der Waals surface area contributed by atoms with Crippen LogP contribution in [0.2, 0.25) is 0 Å². The number of hydrogen-bond donors (Lipinski definition) is 5. The van der Waals surface area contributed by atoms with Crippen LogP contribution in [0.4, 0.5) is 0 Å². The number of carboxylic acids is 1. The SMILES string of the molecule is CCCCC/C=C\C\C=C/C=C/C=C/[C@@H](SC[C@H](N)C(=O)OC[C@H](COP(=O)(O)OCCN)OC(=O)CCCCCCCCCCCCCCC)[C@@H](O)CCCC(=O)O. The van der Waals surface area contributed by atoms with Crippen LogP contribution >= 0.6 is 19.6 Å². The summed E-state index contributed by atoms with van der Waals surface area (Å²) in [6.07, 6.45) is 34.7. The van der Waals surface area contributed by atoms with E-state index in [-0.39, 0.29) is 44.6 Å². The number of phosphoric acid groups is 1. The summed E-state index contributed by atoms with van der Waals surface area (Å²) in [5.41, 5.74) is 11.5. The molecule has 13 nitrogen and oxygen atoms in total. The molecule has 0 aromatic carbocycles. The second-order valence-corrected chi connectivity index (χ2v) is 17.4. The first kappa shape index (κ1) is 56.7. The molecule has 0 heterocycles. The first-order valence-electron chi connectivity index (χ1n) is 22.1. The van der Waals surface area contributed by atoms with E-state index in [1.807, 2.05) is 24.3 Å². The number of unbranched alkanes of at least 4 members (excludes halogenated alkanes) is 15. The van der Waals surface area contributed by atoms with Gasteiger partial charge in [0.1, 0.15) is 12.6 Å². The maximum absolute atomic E-state index is 12.9. The van der Waals surface area contributed by atoms with Crippen LogP contribution in [0.25, 0.3) is 0 Å². The van der Waals surface area contributed by atoms with Crippen molar-refractivity contribution in [3.05, 3.63) is 48.6 Å². The Morgan fingerprint density at radius 1 is 0.746 bits per heavy atom. The van der Waals surface area contributed by atoms with Gasteiger partial charge in [-0.05, 0) is 38.5 Å². The Labute approximate surface area is 359 Å². The number of aliphatic hydroxyl groups excluding tert-OH is 1. The lowest BCUT2D eigenvalue weighted by Crippen LogP contribution is -2.38. The van der Waals surface area contributed by atoms with Crippen molar-refractivity contribution in [1.29, 1.82) is 0 Å². The molecule has 0 aliphatic heterocycles. The molecule has 0 aliphatic rings. The Hall–Kier alpha value is -2.29. The number of aliphatic hydroxyl groups is 1. The zero-order valence-electron chi connectivity index (χ0n) is 36.1. The maximum Gasteiger partial charge on any atom is 0.472 e. The highest BCUT2D eigenvalue weighted by Gasteiger charge is 2.27. The van der Waals surface area contributed by atoms with Crippen LogP contribution in [0, 0.1) is 0 Å². The largest absolute Gasteiger partial charge is 0.481 e. The van der Waals surface area contributed by atoms with E-state index in [0.717, 1.165) is 32.1 Å². The fourth-order valence-electron chi connectivity index (χ4n) is 5.78. The molecule has 15 heteroatoms.